The van der Waals surface area contributed by atoms with E-state index in [0.717, 1.165) is 34.6 Å². The third-order valence-electron chi connectivity index (χ3n) is 3.55. The van der Waals surface area contributed by atoms with Crippen LogP contribution in [0.5, 0.6) is 0 Å². The van der Waals surface area contributed by atoms with Crippen LogP contribution >= 0.6 is 11.6 Å². The van der Waals surface area contributed by atoms with Gasteiger partial charge in [0.05, 0.1) is 6.26 Å². The van der Waals surface area contributed by atoms with Gasteiger partial charge in [0.2, 0.25) is 0 Å². The number of halogens is 1. The van der Waals surface area contributed by atoms with Crippen LogP contribution in [0.1, 0.15) is 19.4 Å². The van der Waals surface area contributed by atoms with Gasteiger partial charge in [-0.15, -0.1) is 0 Å². The first kappa shape index (κ1) is 11.8. The number of rotatable bonds is 1. The lowest BCUT2D eigenvalue weighted by molar-refractivity contribution is 0.445. The van der Waals surface area contributed by atoms with Crippen LogP contribution in [-0.4, -0.2) is 13.1 Å². The predicted octanol–water partition coefficient (Wildman–Crippen LogP) is 4.10. The fourth-order valence-electron chi connectivity index (χ4n) is 2.65. The summed E-state index contributed by atoms with van der Waals surface area (Å²) in [5, 5.41) is 5.21. The van der Waals surface area contributed by atoms with Gasteiger partial charge in [0.1, 0.15) is 5.58 Å². The molecule has 0 radical (unpaired) electrons. The molecule has 0 saturated carbocycles. The van der Waals surface area contributed by atoms with Crippen molar-refractivity contribution < 1.29 is 4.42 Å². The van der Waals surface area contributed by atoms with Crippen LogP contribution < -0.4 is 5.32 Å². The molecule has 0 aliphatic carbocycles. The quantitative estimate of drug-likeness (QED) is 0.836. The SMILES string of the molecule is CC1(C)CNCC=C1c1cc(Cl)cc2ccoc12. The fraction of sp³-hybridized carbons (Fsp3) is 0.333. The molecule has 94 valence electrons. The molecule has 1 N–H and O–H groups in total. The average Bonchev–Trinajstić information content (AvgIpc) is 2.75. The molecular weight excluding hydrogens is 246 g/mol. The topological polar surface area (TPSA) is 25.2 Å². The van der Waals surface area contributed by atoms with Gasteiger partial charge in [0.25, 0.3) is 0 Å². The summed E-state index contributed by atoms with van der Waals surface area (Å²) in [4.78, 5) is 0. The highest BCUT2D eigenvalue weighted by molar-refractivity contribution is 6.31. The normalized spacial score (nSPS) is 18.9. The van der Waals surface area contributed by atoms with Gasteiger partial charge in [0.15, 0.2) is 0 Å². The highest BCUT2D eigenvalue weighted by Gasteiger charge is 2.28. The maximum Gasteiger partial charge on any atom is 0.141 e. The summed E-state index contributed by atoms with van der Waals surface area (Å²) in [6, 6.07) is 5.91. The summed E-state index contributed by atoms with van der Waals surface area (Å²) in [5.74, 6) is 0. The van der Waals surface area contributed by atoms with E-state index in [0.29, 0.717) is 0 Å². The lowest BCUT2D eigenvalue weighted by Crippen LogP contribution is -2.35. The maximum absolute atomic E-state index is 6.21. The molecule has 0 bridgehead atoms. The molecule has 2 heterocycles. The lowest BCUT2D eigenvalue weighted by Gasteiger charge is -2.32. The van der Waals surface area contributed by atoms with Crippen molar-refractivity contribution in [3.05, 3.63) is 41.1 Å². The van der Waals surface area contributed by atoms with Gasteiger partial charge in [-0.3, -0.25) is 0 Å². The Morgan fingerprint density at radius 3 is 2.94 bits per heavy atom. The van der Waals surface area contributed by atoms with E-state index in [1.54, 1.807) is 6.26 Å². The van der Waals surface area contributed by atoms with E-state index >= 15 is 0 Å². The van der Waals surface area contributed by atoms with E-state index in [1.165, 1.54) is 5.57 Å². The number of furan rings is 1. The number of benzene rings is 1. The molecule has 18 heavy (non-hydrogen) atoms. The third-order valence-corrected chi connectivity index (χ3v) is 3.77. The molecule has 0 unspecified atom stereocenters. The minimum absolute atomic E-state index is 0.0860. The number of hydrogen-bond acceptors (Lipinski definition) is 2. The Bertz CT molecular complexity index is 624. The van der Waals surface area contributed by atoms with E-state index in [-0.39, 0.29) is 5.41 Å². The molecule has 3 heteroatoms. The molecule has 3 rings (SSSR count). The zero-order chi connectivity index (χ0) is 12.8. The largest absolute Gasteiger partial charge is 0.464 e. The predicted molar refractivity (Wildman–Crippen MR) is 75.9 cm³/mol. The molecule has 0 fully saturated rings. The molecule has 0 atom stereocenters. The van der Waals surface area contributed by atoms with Crippen LogP contribution in [0, 0.1) is 5.41 Å². The van der Waals surface area contributed by atoms with Crippen molar-refractivity contribution in [3.8, 4) is 0 Å². The molecule has 0 amide bonds. The summed E-state index contributed by atoms with van der Waals surface area (Å²) < 4.78 is 5.63. The Kier molecular flexibility index (Phi) is 2.72. The van der Waals surface area contributed by atoms with E-state index in [9.17, 15) is 0 Å². The van der Waals surface area contributed by atoms with E-state index in [2.05, 4.69) is 25.2 Å². The minimum atomic E-state index is 0.0860. The van der Waals surface area contributed by atoms with Crippen LogP contribution in [0.4, 0.5) is 0 Å². The fourth-order valence-corrected chi connectivity index (χ4v) is 2.88. The van der Waals surface area contributed by atoms with Gasteiger partial charge in [0, 0.05) is 34.5 Å². The molecule has 1 aromatic carbocycles. The smallest absolute Gasteiger partial charge is 0.141 e. The average molecular weight is 262 g/mol. The van der Waals surface area contributed by atoms with Crippen molar-refractivity contribution in [2.45, 2.75) is 13.8 Å². The maximum atomic E-state index is 6.21. The van der Waals surface area contributed by atoms with Gasteiger partial charge in [-0.25, -0.2) is 0 Å². The molecule has 2 aromatic rings. The van der Waals surface area contributed by atoms with Crippen LogP contribution in [0.15, 0.2) is 35.0 Å². The molecule has 1 aliphatic heterocycles. The van der Waals surface area contributed by atoms with Gasteiger partial charge in [-0.2, -0.15) is 0 Å². The molecule has 0 spiro atoms. The van der Waals surface area contributed by atoms with Crippen molar-refractivity contribution in [2.75, 3.05) is 13.1 Å². The molecule has 2 nitrogen and oxygen atoms in total. The Morgan fingerprint density at radius 1 is 1.33 bits per heavy atom. The van der Waals surface area contributed by atoms with Crippen molar-refractivity contribution in [2.24, 2.45) is 5.41 Å². The molecule has 1 aromatic heterocycles. The zero-order valence-corrected chi connectivity index (χ0v) is 11.3. The first-order valence-electron chi connectivity index (χ1n) is 6.16. The summed E-state index contributed by atoms with van der Waals surface area (Å²) in [7, 11) is 0. The number of hydrogen-bond donors (Lipinski definition) is 1. The number of nitrogens with one attached hydrogen (secondary N) is 1. The Labute approximate surface area is 112 Å². The monoisotopic (exact) mass is 261 g/mol. The first-order valence-corrected chi connectivity index (χ1v) is 6.54. The van der Waals surface area contributed by atoms with Crippen LogP contribution in [0.25, 0.3) is 16.5 Å². The molecule has 1 aliphatic rings. The Balaban J connectivity index is 2.25. The summed E-state index contributed by atoms with van der Waals surface area (Å²) >= 11 is 6.21. The standard InChI is InChI=1S/C15H16ClNO/c1-15(2)9-17-5-3-13(15)12-8-11(16)7-10-4-6-18-14(10)12/h3-4,6-8,17H,5,9H2,1-2H3. The van der Waals surface area contributed by atoms with Crippen molar-refractivity contribution >= 4 is 28.1 Å². The van der Waals surface area contributed by atoms with Gasteiger partial charge in [-0.1, -0.05) is 31.5 Å². The van der Waals surface area contributed by atoms with Crippen LogP contribution in [0.3, 0.4) is 0 Å². The highest BCUT2D eigenvalue weighted by Crippen LogP contribution is 2.40. The first-order chi connectivity index (χ1) is 8.58. The lowest BCUT2D eigenvalue weighted by atomic mass is 9.78. The van der Waals surface area contributed by atoms with Gasteiger partial charge >= 0.3 is 0 Å². The van der Waals surface area contributed by atoms with E-state index in [1.807, 2.05) is 18.2 Å². The summed E-state index contributed by atoms with van der Waals surface area (Å²) in [6.45, 7) is 6.34. The molecular formula is C15H16ClNO. The Hall–Kier alpha value is -1.25. The van der Waals surface area contributed by atoms with E-state index in [4.69, 9.17) is 16.0 Å². The second-order valence-electron chi connectivity index (χ2n) is 5.42. The van der Waals surface area contributed by atoms with Gasteiger partial charge in [-0.05, 0) is 23.8 Å². The molecule has 0 saturated heterocycles. The second-order valence-corrected chi connectivity index (χ2v) is 5.86. The minimum Gasteiger partial charge on any atom is -0.464 e. The second kappa shape index (κ2) is 4.15. The third kappa shape index (κ3) is 1.86. The zero-order valence-electron chi connectivity index (χ0n) is 10.6. The van der Waals surface area contributed by atoms with Crippen LogP contribution in [0.2, 0.25) is 5.02 Å². The van der Waals surface area contributed by atoms with E-state index < -0.39 is 0 Å². The highest BCUT2D eigenvalue weighted by atomic mass is 35.5. The summed E-state index contributed by atoms with van der Waals surface area (Å²) in [6.07, 6.45) is 3.95. The van der Waals surface area contributed by atoms with Crippen LogP contribution in [-0.2, 0) is 0 Å². The summed E-state index contributed by atoms with van der Waals surface area (Å²) in [5.41, 5.74) is 3.45. The van der Waals surface area contributed by atoms with Gasteiger partial charge < -0.3 is 9.73 Å². The Morgan fingerprint density at radius 2 is 2.17 bits per heavy atom. The van der Waals surface area contributed by atoms with Crippen molar-refractivity contribution in [1.29, 1.82) is 0 Å². The van der Waals surface area contributed by atoms with Crippen molar-refractivity contribution in [3.63, 3.8) is 0 Å². The number of fused-ring (bicyclic) bond motifs is 1. The van der Waals surface area contributed by atoms with Crippen molar-refractivity contribution in [1.82, 2.24) is 5.32 Å².